The molecule has 2 aromatic rings. The highest BCUT2D eigenvalue weighted by Gasteiger charge is 2.75. The van der Waals surface area contributed by atoms with E-state index < -0.39 is 28.7 Å². The Balaban J connectivity index is 1.55. The molecule has 0 radical (unpaired) electrons. The van der Waals surface area contributed by atoms with E-state index in [1.54, 1.807) is 33.7 Å². The fourth-order valence-electron chi connectivity index (χ4n) is 7.36. The van der Waals surface area contributed by atoms with Crippen molar-refractivity contribution in [3.8, 4) is 0 Å². The largest absolute Gasteiger partial charge is 0.465 e. The predicted molar refractivity (Wildman–Crippen MR) is 176 cm³/mol. The quantitative estimate of drug-likeness (QED) is 0.161. The first-order chi connectivity index (χ1) is 21.3. The van der Waals surface area contributed by atoms with Crippen LogP contribution in [0.15, 0.2) is 73.8 Å². The number of hydrogen-bond acceptors (Lipinski definition) is 6. The van der Waals surface area contributed by atoms with Gasteiger partial charge in [0.05, 0.1) is 46.5 Å². The Morgan fingerprint density at radius 3 is 2.64 bits per heavy atom. The Kier molecular flexibility index (Phi) is 10.2. The number of carbonyl (C=O) groups is 3. The molecule has 0 aromatic heterocycles. The number of carbonyl (C=O) groups excluding carboxylic acids is 3. The lowest BCUT2D eigenvalue weighted by molar-refractivity contribution is -0.154. The highest BCUT2D eigenvalue weighted by Crippen LogP contribution is 2.67. The van der Waals surface area contributed by atoms with Gasteiger partial charge in [-0.2, -0.15) is 0 Å². The van der Waals surface area contributed by atoms with Crippen LogP contribution in [0.2, 0.25) is 5.02 Å². The van der Waals surface area contributed by atoms with Crippen LogP contribution in [0.25, 0.3) is 0 Å². The molecule has 3 saturated heterocycles. The number of likely N-dealkylation sites (tertiary alicyclic amines) is 1. The molecule has 2 bridgehead atoms. The molecule has 3 aliphatic heterocycles. The second-order valence-electron chi connectivity index (χ2n) is 11.9. The van der Waals surface area contributed by atoms with E-state index in [0.717, 1.165) is 30.4 Å². The molecule has 3 heterocycles. The molecule has 9 heteroatoms. The lowest BCUT2D eigenvalue weighted by Crippen LogP contribution is -2.58. The van der Waals surface area contributed by atoms with Crippen LogP contribution < -0.4 is 4.90 Å². The monoisotopic (exact) mass is 636 g/mol. The standard InChI is InChI=1S/C35H41ClN2O5S/c1-4-6-7-11-20-43-34(42)28-27-17-18-35(44-27)29(28)32(40)38(25(22-39)21-24-14-9-8-10-15-24)31(35)33(41)37(19-5-2)30-23(3)13-12-16-26(30)36/h4-5,8-10,12-16,25,27-29,31,39H,1-2,6-7,11,17-22H2,3H3/t25-,27-,28+,29+,31?,35?/m1/s1. The zero-order valence-electron chi connectivity index (χ0n) is 25.2. The fourth-order valence-corrected chi connectivity index (χ4v) is 9.87. The van der Waals surface area contributed by atoms with Crippen molar-refractivity contribution < 1.29 is 24.2 Å². The summed E-state index contributed by atoms with van der Waals surface area (Å²) >= 11 is 8.27. The van der Waals surface area contributed by atoms with Crippen molar-refractivity contribution in [1.29, 1.82) is 0 Å². The van der Waals surface area contributed by atoms with E-state index in [9.17, 15) is 19.5 Å². The molecule has 1 spiro atoms. The molecule has 7 nitrogen and oxygen atoms in total. The lowest BCUT2D eigenvalue weighted by atomic mass is 9.71. The number of amides is 2. The number of ether oxygens (including phenoxy) is 1. The van der Waals surface area contributed by atoms with Crippen LogP contribution in [0.5, 0.6) is 0 Å². The van der Waals surface area contributed by atoms with Gasteiger partial charge in [-0.25, -0.2) is 0 Å². The van der Waals surface area contributed by atoms with Gasteiger partial charge in [-0.05, 0) is 62.6 Å². The van der Waals surface area contributed by atoms with Gasteiger partial charge >= 0.3 is 5.97 Å². The number of nitrogens with zero attached hydrogens (tertiary/aromatic N) is 2. The zero-order chi connectivity index (χ0) is 31.4. The molecular weight excluding hydrogens is 596 g/mol. The number of rotatable bonds is 14. The molecule has 0 saturated carbocycles. The number of unbranched alkanes of at least 4 members (excludes halogenated alkanes) is 2. The average molecular weight is 637 g/mol. The molecule has 1 N–H and O–H groups in total. The summed E-state index contributed by atoms with van der Waals surface area (Å²) in [4.78, 5) is 46.4. The minimum absolute atomic E-state index is 0.112. The minimum Gasteiger partial charge on any atom is -0.465 e. The molecule has 44 heavy (non-hydrogen) atoms. The van der Waals surface area contributed by atoms with Crippen molar-refractivity contribution in [2.75, 3.05) is 24.7 Å². The number of para-hydroxylation sites is 1. The number of aliphatic hydroxyl groups is 1. The first-order valence-electron chi connectivity index (χ1n) is 15.4. The maximum Gasteiger partial charge on any atom is 0.310 e. The van der Waals surface area contributed by atoms with Gasteiger partial charge in [0.15, 0.2) is 0 Å². The van der Waals surface area contributed by atoms with Crippen molar-refractivity contribution in [1.82, 2.24) is 4.90 Å². The van der Waals surface area contributed by atoms with Crippen LogP contribution >= 0.6 is 23.4 Å². The van der Waals surface area contributed by atoms with Crippen molar-refractivity contribution in [2.45, 2.75) is 67.5 Å². The third-order valence-electron chi connectivity index (χ3n) is 9.25. The highest BCUT2D eigenvalue weighted by atomic mass is 35.5. The summed E-state index contributed by atoms with van der Waals surface area (Å²) in [6.45, 7) is 9.68. The van der Waals surface area contributed by atoms with Gasteiger partial charge in [0.25, 0.3) is 5.91 Å². The molecule has 3 fully saturated rings. The van der Waals surface area contributed by atoms with Crippen LogP contribution in [-0.2, 0) is 25.5 Å². The first-order valence-corrected chi connectivity index (χ1v) is 16.6. The van der Waals surface area contributed by atoms with E-state index in [0.29, 0.717) is 30.0 Å². The van der Waals surface area contributed by atoms with Gasteiger partial charge in [-0.3, -0.25) is 14.4 Å². The predicted octanol–water partition coefficient (Wildman–Crippen LogP) is 5.76. The number of aryl methyl sites for hydroxylation is 1. The summed E-state index contributed by atoms with van der Waals surface area (Å²) in [5.41, 5.74) is 2.34. The second kappa shape index (κ2) is 13.9. The number of benzene rings is 2. The Morgan fingerprint density at radius 2 is 1.95 bits per heavy atom. The third-order valence-corrected chi connectivity index (χ3v) is 11.5. The maximum atomic E-state index is 14.9. The van der Waals surface area contributed by atoms with E-state index in [1.807, 2.05) is 55.5 Å². The van der Waals surface area contributed by atoms with Crippen molar-refractivity contribution in [3.05, 3.63) is 90.0 Å². The Bertz CT molecular complexity index is 1380. The topological polar surface area (TPSA) is 87.1 Å². The van der Waals surface area contributed by atoms with E-state index >= 15 is 0 Å². The Morgan fingerprint density at radius 1 is 1.18 bits per heavy atom. The molecular formula is C35H41ClN2O5S. The molecule has 5 rings (SSSR count). The summed E-state index contributed by atoms with van der Waals surface area (Å²) in [6.07, 6.45) is 7.61. The maximum absolute atomic E-state index is 14.9. The number of hydrogen-bond donors (Lipinski definition) is 1. The molecule has 3 aliphatic rings. The normalized spacial score (nSPS) is 25.9. The Hall–Kier alpha value is -3.07. The van der Waals surface area contributed by atoms with Gasteiger partial charge in [0.2, 0.25) is 5.91 Å². The third kappa shape index (κ3) is 5.84. The van der Waals surface area contributed by atoms with Crippen molar-refractivity contribution >= 4 is 46.8 Å². The lowest BCUT2D eigenvalue weighted by Gasteiger charge is -2.40. The molecule has 234 valence electrons. The smallest absolute Gasteiger partial charge is 0.310 e. The number of anilines is 1. The summed E-state index contributed by atoms with van der Waals surface area (Å²) < 4.78 is 4.92. The van der Waals surface area contributed by atoms with Gasteiger partial charge < -0.3 is 19.6 Å². The summed E-state index contributed by atoms with van der Waals surface area (Å²) in [6, 6.07) is 13.5. The van der Waals surface area contributed by atoms with Gasteiger partial charge in [0.1, 0.15) is 6.04 Å². The number of aliphatic hydroxyl groups excluding tert-OH is 1. The first kappa shape index (κ1) is 32.3. The van der Waals surface area contributed by atoms with Crippen LogP contribution in [0, 0.1) is 18.8 Å². The van der Waals surface area contributed by atoms with Gasteiger partial charge in [-0.15, -0.1) is 24.9 Å². The highest BCUT2D eigenvalue weighted by molar-refractivity contribution is 8.02. The molecule has 0 aliphatic carbocycles. The molecule has 6 atom stereocenters. The van der Waals surface area contributed by atoms with Crippen molar-refractivity contribution in [2.24, 2.45) is 11.8 Å². The van der Waals surface area contributed by atoms with E-state index in [4.69, 9.17) is 16.3 Å². The van der Waals surface area contributed by atoms with Crippen LogP contribution in [-0.4, -0.2) is 69.6 Å². The van der Waals surface area contributed by atoms with E-state index in [1.165, 1.54) is 0 Å². The SMILES string of the molecule is C=CCCCCOC(=O)[C@@H]1[C@H]2C(=O)N([C@@H](CO)Cc3ccccc3)C(C(=O)N(CC=C)c3c(C)cccc3Cl)C23CC[C@H]1S3. The fraction of sp³-hybridized carbons (Fsp3) is 0.457. The van der Waals surface area contributed by atoms with E-state index in [2.05, 4.69) is 13.2 Å². The average Bonchev–Trinajstić information content (AvgIpc) is 3.66. The van der Waals surface area contributed by atoms with Gasteiger partial charge in [-0.1, -0.05) is 66.2 Å². The van der Waals surface area contributed by atoms with Gasteiger partial charge in [0, 0.05) is 11.8 Å². The van der Waals surface area contributed by atoms with Crippen LogP contribution in [0.3, 0.4) is 0 Å². The van der Waals surface area contributed by atoms with Crippen LogP contribution in [0.1, 0.15) is 43.2 Å². The number of allylic oxidation sites excluding steroid dienone is 1. The number of esters is 1. The van der Waals surface area contributed by atoms with Crippen LogP contribution in [0.4, 0.5) is 5.69 Å². The number of thioether (sulfide) groups is 1. The summed E-state index contributed by atoms with van der Waals surface area (Å²) in [5.74, 6) is -2.29. The van der Waals surface area contributed by atoms with Crippen molar-refractivity contribution in [3.63, 3.8) is 0 Å². The zero-order valence-corrected chi connectivity index (χ0v) is 26.8. The number of fused-ring (bicyclic) bond motifs is 1. The molecule has 2 unspecified atom stereocenters. The summed E-state index contributed by atoms with van der Waals surface area (Å²) in [7, 11) is 0. The molecule has 2 amide bonds. The summed E-state index contributed by atoms with van der Waals surface area (Å²) in [5, 5.41) is 11.1. The number of halogens is 1. The van der Waals surface area contributed by atoms with E-state index in [-0.39, 0.29) is 42.8 Å². The molecule has 2 aromatic carbocycles. The second-order valence-corrected chi connectivity index (χ2v) is 13.9. The Labute approximate surface area is 269 Å². The minimum atomic E-state index is -0.906.